The summed E-state index contributed by atoms with van der Waals surface area (Å²) >= 11 is 0. The minimum atomic E-state index is -0.403. The average Bonchev–Trinajstić information content (AvgIpc) is 2.85. The van der Waals surface area contributed by atoms with Crippen LogP contribution >= 0.6 is 0 Å². The van der Waals surface area contributed by atoms with E-state index in [1.54, 1.807) is 6.07 Å². The smallest absolute Gasteiger partial charge is 0.325 e. The van der Waals surface area contributed by atoms with Crippen molar-refractivity contribution in [2.75, 3.05) is 26.2 Å². The van der Waals surface area contributed by atoms with Crippen molar-refractivity contribution in [3.05, 3.63) is 65.7 Å². The molecule has 2 aromatic carbocycles. The molecule has 35 heavy (non-hydrogen) atoms. The van der Waals surface area contributed by atoms with Gasteiger partial charge < -0.3 is 20.1 Å². The van der Waals surface area contributed by atoms with E-state index < -0.39 is 5.97 Å². The topological polar surface area (TPSA) is 78.9 Å². The van der Waals surface area contributed by atoms with Gasteiger partial charge in [-0.25, -0.2) is 0 Å². The first-order valence-corrected chi connectivity index (χ1v) is 12.7. The van der Waals surface area contributed by atoms with Gasteiger partial charge in [-0.2, -0.15) is 0 Å². The zero-order chi connectivity index (χ0) is 25.4. The Morgan fingerprint density at radius 2 is 1.94 bits per heavy atom. The van der Waals surface area contributed by atoms with Crippen molar-refractivity contribution >= 4 is 11.9 Å². The van der Waals surface area contributed by atoms with E-state index in [0.29, 0.717) is 24.6 Å². The number of phenols is 1. The lowest BCUT2D eigenvalue weighted by molar-refractivity contribution is -0.148. The molecule has 0 spiro atoms. The van der Waals surface area contributed by atoms with Crippen molar-refractivity contribution in [3.8, 4) is 5.75 Å². The highest BCUT2D eigenvalue weighted by atomic mass is 16.5. The second-order valence-electron chi connectivity index (χ2n) is 10.2. The summed E-state index contributed by atoms with van der Waals surface area (Å²) in [4.78, 5) is 27.6. The highest BCUT2D eigenvalue weighted by Gasteiger charge is 2.39. The number of ether oxygens (including phenoxy) is 1. The van der Waals surface area contributed by atoms with Gasteiger partial charge in [0.15, 0.2) is 0 Å². The molecule has 3 rings (SSSR count). The van der Waals surface area contributed by atoms with Crippen molar-refractivity contribution in [1.29, 1.82) is 0 Å². The van der Waals surface area contributed by atoms with E-state index in [2.05, 4.69) is 30.1 Å². The standard InChI is InChI=1S/C29H40N2O4/c1-5-22(3)35-27(33)18-30-28(34)24(16-23-10-7-6-8-11-23)20-31-15-14-29(4,21(2)19-31)25-12-9-13-26(32)17-25/h6-13,17,21-22,24,32H,5,14-16,18-20H2,1-4H3,(H,30,34)/t21-,22?,24-,29+/m0/s1. The second kappa shape index (κ2) is 12.2. The molecule has 1 saturated heterocycles. The van der Waals surface area contributed by atoms with Crippen LogP contribution in [0.2, 0.25) is 0 Å². The summed E-state index contributed by atoms with van der Waals surface area (Å²) in [6.07, 6.45) is 2.14. The third-order valence-corrected chi connectivity index (χ3v) is 7.56. The highest BCUT2D eigenvalue weighted by Crippen LogP contribution is 2.40. The fourth-order valence-electron chi connectivity index (χ4n) is 4.88. The average molecular weight is 481 g/mol. The number of phenolic OH excluding ortho intramolecular Hbond substituents is 1. The Bertz CT molecular complexity index is 980. The van der Waals surface area contributed by atoms with Gasteiger partial charge in [0.25, 0.3) is 0 Å². The van der Waals surface area contributed by atoms with E-state index in [1.165, 1.54) is 0 Å². The number of esters is 1. The van der Waals surface area contributed by atoms with E-state index in [9.17, 15) is 14.7 Å². The van der Waals surface area contributed by atoms with E-state index in [0.717, 1.165) is 37.1 Å². The van der Waals surface area contributed by atoms with Gasteiger partial charge in [0, 0.05) is 13.1 Å². The molecule has 190 valence electrons. The Morgan fingerprint density at radius 1 is 1.20 bits per heavy atom. The molecule has 1 aliphatic heterocycles. The van der Waals surface area contributed by atoms with Gasteiger partial charge in [-0.3, -0.25) is 9.59 Å². The number of piperidine rings is 1. The zero-order valence-corrected chi connectivity index (χ0v) is 21.5. The monoisotopic (exact) mass is 480 g/mol. The third kappa shape index (κ3) is 7.31. The summed E-state index contributed by atoms with van der Waals surface area (Å²) < 4.78 is 5.30. The third-order valence-electron chi connectivity index (χ3n) is 7.56. The fourth-order valence-corrected chi connectivity index (χ4v) is 4.88. The molecule has 1 fully saturated rings. The van der Waals surface area contributed by atoms with Gasteiger partial charge in [-0.15, -0.1) is 0 Å². The van der Waals surface area contributed by atoms with E-state index in [4.69, 9.17) is 4.74 Å². The van der Waals surface area contributed by atoms with Gasteiger partial charge in [-0.05, 0) is 67.3 Å². The maximum Gasteiger partial charge on any atom is 0.325 e. The molecule has 2 N–H and O–H groups in total. The number of amides is 1. The largest absolute Gasteiger partial charge is 0.508 e. The van der Waals surface area contributed by atoms with Crippen LogP contribution in [-0.2, 0) is 26.2 Å². The van der Waals surface area contributed by atoms with Crippen molar-refractivity contribution < 1.29 is 19.4 Å². The number of nitrogens with one attached hydrogen (secondary N) is 1. The first kappa shape index (κ1) is 26.7. The Morgan fingerprint density at radius 3 is 2.60 bits per heavy atom. The molecular weight excluding hydrogens is 440 g/mol. The number of benzene rings is 2. The van der Waals surface area contributed by atoms with E-state index in [-0.39, 0.29) is 29.9 Å². The summed E-state index contributed by atoms with van der Waals surface area (Å²) in [5, 5.41) is 12.8. The maximum atomic E-state index is 13.2. The van der Waals surface area contributed by atoms with Crippen molar-refractivity contribution in [2.24, 2.45) is 11.8 Å². The Hall–Kier alpha value is -2.86. The van der Waals surface area contributed by atoms with Crippen molar-refractivity contribution in [2.45, 2.75) is 58.5 Å². The van der Waals surface area contributed by atoms with E-state index in [1.807, 2.05) is 56.3 Å². The second-order valence-corrected chi connectivity index (χ2v) is 10.2. The van der Waals surface area contributed by atoms with Crippen LogP contribution in [0.3, 0.4) is 0 Å². The van der Waals surface area contributed by atoms with Crippen LogP contribution in [0.15, 0.2) is 54.6 Å². The number of carbonyl (C=O) groups is 2. The van der Waals surface area contributed by atoms with Crippen LogP contribution in [0.25, 0.3) is 0 Å². The predicted octanol–water partition coefficient (Wildman–Crippen LogP) is 4.31. The summed E-state index contributed by atoms with van der Waals surface area (Å²) in [6, 6.07) is 17.6. The SMILES string of the molecule is CCC(C)OC(=O)CNC(=O)[C@@H](Cc1ccccc1)CN1CC[C@@](C)(c2cccc(O)c2)[C@@H](C)C1. The fraction of sp³-hybridized carbons (Fsp3) is 0.517. The van der Waals surface area contributed by atoms with Gasteiger partial charge in [0.2, 0.25) is 5.91 Å². The minimum absolute atomic E-state index is 0.0356. The van der Waals surface area contributed by atoms with Crippen LogP contribution in [0.1, 0.15) is 51.7 Å². The Kier molecular flexibility index (Phi) is 9.33. The maximum absolute atomic E-state index is 13.2. The molecule has 6 heteroatoms. The van der Waals surface area contributed by atoms with Crippen LogP contribution in [0.4, 0.5) is 0 Å². The molecule has 0 aromatic heterocycles. The summed E-state index contributed by atoms with van der Waals surface area (Å²) in [7, 11) is 0. The molecule has 2 aromatic rings. The Labute approximate surface area is 209 Å². The van der Waals surface area contributed by atoms with Crippen molar-refractivity contribution in [3.63, 3.8) is 0 Å². The van der Waals surface area contributed by atoms with Crippen LogP contribution in [0, 0.1) is 11.8 Å². The molecular formula is C29H40N2O4. The molecule has 0 aliphatic carbocycles. The molecule has 0 bridgehead atoms. The Balaban J connectivity index is 1.66. The highest BCUT2D eigenvalue weighted by molar-refractivity contribution is 5.84. The van der Waals surface area contributed by atoms with Crippen LogP contribution in [-0.4, -0.2) is 54.2 Å². The van der Waals surface area contributed by atoms with Crippen LogP contribution in [0.5, 0.6) is 5.75 Å². The normalized spacial score (nSPS) is 22.2. The van der Waals surface area contributed by atoms with Crippen LogP contribution < -0.4 is 5.32 Å². The number of aromatic hydroxyl groups is 1. The molecule has 4 atom stereocenters. The summed E-state index contributed by atoms with van der Waals surface area (Å²) in [6.45, 7) is 10.6. The molecule has 1 unspecified atom stereocenters. The number of nitrogens with zero attached hydrogens (tertiary/aromatic N) is 1. The van der Waals surface area contributed by atoms with Gasteiger partial charge in [0.05, 0.1) is 12.0 Å². The lowest BCUT2D eigenvalue weighted by Gasteiger charge is -2.45. The molecule has 0 saturated carbocycles. The van der Waals surface area contributed by atoms with Gasteiger partial charge in [0.1, 0.15) is 12.3 Å². The molecule has 1 aliphatic rings. The number of likely N-dealkylation sites (tertiary alicyclic amines) is 1. The zero-order valence-electron chi connectivity index (χ0n) is 21.5. The lowest BCUT2D eigenvalue weighted by atomic mass is 9.68. The number of carbonyl (C=O) groups excluding carboxylic acids is 2. The van der Waals surface area contributed by atoms with Gasteiger partial charge in [-0.1, -0.05) is 63.2 Å². The lowest BCUT2D eigenvalue weighted by Crippen LogP contribution is -2.50. The molecule has 1 heterocycles. The minimum Gasteiger partial charge on any atom is -0.508 e. The van der Waals surface area contributed by atoms with Gasteiger partial charge >= 0.3 is 5.97 Å². The number of rotatable bonds is 10. The molecule has 0 radical (unpaired) electrons. The predicted molar refractivity (Wildman–Crippen MR) is 138 cm³/mol. The first-order valence-electron chi connectivity index (χ1n) is 12.7. The summed E-state index contributed by atoms with van der Waals surface area (Å²) in [5.74, 6) is -0.150. The number of hydrogen-bond donors (Lipinski definition) is 2. The number of hydrogen-bond acceptors (Lipinski definition) is 5. The summed E-state index contributed by atoms with van der Waals surface area (Å²) in [5.41, 5.74) is 2.22. The molecule has 6 nitrogen and oxygen atoms in total. The van der Waals surface area contributed by atoms with Crippen molar-refractivity contribution in [1.82, 2.24) is 10.2 Å². The van der Waals surface area contributed by atoms with E-state index >= 15 is 0 Å². The quantitative estimate of drug-likeness (QED) is 0.496. The molecule has 1 amide bonds. The first-order chi connectivity index (χ1) is 16.7.